The Morgan fingerprint density at radius 2 is 1.79 bits per heavy atom. The van der Waals surface area contributed by atoms with Crippen molar-refractivity contribution in [3.8, 4) is 6.07 Å². The minimum absolute atomic E-state index is 0.0741. The lowest BCUT2D eigenvalue weighted by atomic mass is 9.85. The van der Waals surface area contributed by atoms with E-state index in [1.165, 1.54) is 6.07 Å². The molecule has 0 aromatic heterocycles. The molecule has 0 unspecified atom stereocenters. The molecular weight excluding hydrogens is 306 g/mol. The van der Waals surface area contributed by atoms with Gasteiger partial charge < -0.3 is 5.32 Å². The fourth-order valence-corrected chi connectivity index (χ4v) is 2.29. The fraction of sp³-hybridized carbons (Fsp3) is 0.222. The van der Waals surface area contributed by atoms with Gasteiger partial charge in [-0.2, -0.15) is 5.26 Å². The molecule has 0 aliphatic heterocycles. The first kappa shape index (κ1) is 17.2. The lowest BCUT2D eigenvalue weighted by Crippen LogP contribution is -2.16. The second kappa shape index (κ2) is 6.50. The average molecular weight is 323 g/mol. The Morgan fingerprint density at radius 1 is 1.17 bits per heavy atom. The average Bonchev–Trinajstić information content (AvgIpc) is 2.54. The van der Waals surface area contributed by atoms with Crippen molar-refractivity contribution >= 4 is 17.3 Å². The summed E-state index contributed by atoms with van der Waals surface area (Å²) in [5, 5.41) is 22.7. The number of nitrogens with zero attached hydrogens (tertiary/aromatic N) is 2. The molecule has 6 heteroatoms. The molecule has 0 fully saturated rings. The van der Waals surface area contributed by atoms with Crippen molar-refractivity contribution in [3.05, 3.63) is 69.3 Å². The molecule has 0 radical (unpaired) electrons. The topological polar surface area (TPSA) is 96.0 Å². The second-order valence-corrected chi connectivity index (χ2v) is 6.38. The highest BCUT2D eigenvalue weighted by molar-refractivity contribution is 6.04. The summed E-state index contributed by atoms with van der Waals surface area (Å²) in [5.74, 6) is -0.441. The van der Waals surface area contributed by atoms with E-state index < -0.39 is 16.2 Å². The van der Waals surface area contributed by atoms with Crippen LogP contribution in [0.3, 0.4) is 0 Å². The van der Waals surface area contributed by atoms with Gasteiger partial charge in [0.2, 0.25) is 0 Å². The Labute approximate surface area is 139 Å². The first-order valence-corrected chi connectivity index (χ1v) is 7.33. The molecule has 2 rings (SSSR count). The number of rotatable bonds is 3. The molecule has 122 valence electrons. The van der Waals surface area contributed by atoms with Gasteiger partial charge in [-0.05, 0) is 35.7 Å². The maximum absolute atomic E-state index is 12.3. The minimum atomic E-state index is -0.473. The first-order chi connectivity index (χ1) is 11.2. The van der Waals surface area contributed by atoms with Crippen LogP contribution in [-0.4, -0.2) is 10.8 Å². The van der Waals surface area contributed by atoms with E-state index in [2.05, 4.69) is 5.32 Å². The largest absolute Gasteiger partial charge is 0.322 e. The van der Waals surface area contributed by atoms with Crippen molar-refractivity contribution in [2.45, 2.75) is 26.2 Å². The summed E-state index contributed by atoms with van der Waals surface area (Å²) in [6, 6.07) is 12.9. The zero-order chi connectivity index (χ0) is 17.9. The van der Waals surface area contributed by atoms with E-state index in [-0.39, 0.29) is 11.3 Å². The van der Waals surface area contributed by atoms with E-state index >= 15 is 0 Å². The Bertz CT molecular complexity index is 828. The molecule has 1 amide bonds. The Hall–Kier alpha value is -3.20. The highest BCUT2D eigenvalue weighted by Gasteiger charge is 2.26. The lowest BCUT2D eigenvalue weighted by Gasteiger charge is -2.19. The molecule has 0 saturated heterocycles. The SMILES string of the molecule is CC(C)(C)c1ccc(C(=O)Nc2ccc(C#N)cc2)cc1[N+](=O)[O-]. The van der Waals surface area contributed by atoms with Crippen LogP contribution in [-0.2, 0) is 5.41 Å². The van der Waals surface area contributed by atoms with Gasteiger partial charge in [-0.3, -0.25) is 14.9 Å². The van der Waals surface area contributed by atoms with Gasteiger partial charge in [0.1, 0.15) is 0 Å². The highest BCUT2D eigenvalue weighted by atomic mass is 16.6. The van der Waals surface area contributed by atoms with Crippen LogP contribution in [0.2, 0.25) is 0 Å². The van der Waals surface area contributed by atoms with Crippen LogP contribution in [0.25, 0.3) is 0 Å². The molecule has 24 heavy (non-hydrogen) atoms. The number of amides is 1. The Balaban J connectivity index is 2.31. The maximum atomic E-state index is 12.3. The smallest absolute Gasteiger partial charge is 0.273 e. The van der Waals surface area contributed by atoms with Gasteiger partial charge in [-0.15, -0.1) is 0 Å². The van der Waals surface area contributed by atoms with E-state index in [1.807, 2.05) is 26.8 Å². The minimum Gasteiger partial charge on any atom is -0.322 e. The molecule has 0 atom stereocenters. The lowest BCUT2D eigenvalue weighted by molar-refractivity contribution is -0.386. The summed E-state index contributed by atoms with van der Waals surface area (Å²) in [6.07, 6.45) is 0. The molecule has 1 N–H and O–H groups in total. The third kappa shape index (κ3) is 3.76. The van der Waals surface area contributed by atoms with Gasteiger partial charge in [-0.1, -0.05) is 26.8 Å². The van der Waals surface area contributed by atoms with Gasteiger partial charge in [0, 0.05) is 22.9 Å². The third-order valence-corrected chi connectivity index (χ3v) is 3.54. The summed E-state index contributed by atoms with van der Waals surface area (Å²) in [7, 11) is 0. The van der Waals surface area contributed by atoms with Gasteiger partial charge in [-0.25, -0.2) is 0 Å². The van der Waals surface area contributed by atoms with E-state index in [0.29, 0.717) is 16.8 Å². The highest BCUT2D eigenvalue weighted by Crippen LogP contribution is 2.32. The number of hydrogen-bond donors (Lipinski definition) is 1. The van der Waals surface area contributed by atoms with Gasteiger partial charge in [0.25, 0.3) is 11.6 Å². The number of nitro benzene ring substituents is 1. The number of anilines is 1. The molecule has 0 saturated carbocycles. The second-order valence-electron chi connectivity index (χ2n) is 6.38. The zero-order valence-electron chi connectivity index (χ0n) is 13.7. The van der Waals surface area contributed by atoms with Crippen molar-refractivity contribution in [2.75, 3.05) is 5.32 Å². The van der Waals surface area contributed by atoms with E-state index in [1.54, 1.807) is 36.4 Å². The van der Waals surface area contributed by atoms with Crippen LogP contribution in [0, 0.1) is 21.4 Å². The summed E-state index contributed by atoms with van der Waals surface area (Å²) >= 11 is 0. The van der Waals surface area contributed by atoms with Crippen molar-refractivity contribution in [2.24, 2.45) is 0 Å². The predicted molar refractivity (Wildman–Crippen MR) is 90.9 cm³/mol. The summed E-state index contributed by atoms with van der Waals surface area (Å²) in [6.45, 7) is 5.64. The third-order valence-electron chi connectivity index (χ3n) is 3.54. The molecule has 2 aromatic carbocycles. The van der Waals surface area contributed by atoms with E-state index in [0.717, 1.165) is 0 Å². The van der Waals surface area contributed by atoms with Crippen molar-refractivity contribution in [3.63, 3.8) is 0 Å². The molecular formula is C18H17N3O3. The van der Waals surface area contributed by atoms with E-state index in [9.17, 15) is 14.9 Å². The summed E-state index contributed by atoms with van der Waals surface area (Å²) in [5.41, 5.74) is 1.31. The van der Waals surface area contributed by atoms with Crippen LogP contribution >= 0.6 is 0 Å². The maximum Gasteiger partial charge on any atom is 0.273 e. The van der Waals surface area contributed by atoms with Gasteiger partial charge >= 0.3 is 0 Å². The monoisotopic (exact) mass is 323 g/mol. The molecule has 0 aliphatic rings. The van der Waals surface area contributed by atoms with Gasteiger partial charge in [0.15, 0.2) is 0 Å². The van der Waals surface area contributed by atoms with E-state index in [4.69, 9.17) is 5.26 Å². The number of nitrogens with one attached hydrogen (secondary N) is 1. The van der Waals surface area contributed by atoms with Gasteiger partial charge in [0.05, 0.1) is 16.6 Å². The standard InChI is InChI=1S/C18H17N3O3/c1-18(2,3)15-9-6-13(10-16(15)21(23)24)17(22)20-14-7-4-12(11-19)5-8-14/h4-10H,1-3H3,(H,20,22). The van der Waals surface area contributed by atoms with Crippen LogP contribution in [0.15, 0.2) is 42.5 Å². The number of carbonyl (C=O) groups is 1. The van der Waals surface area contributed by atoms with Crippen LogP contribution in [0.1, 0.15) is 42.3 Å². The molecule has 0 spiro atoms. The zero-order valence-corrected chi connectivity index (χ0v) is 13.7. The molecule has 6 nitrogen and oxygen atoms in total. The van der Waals surface area contributed by atoms with Crippen LogP contribution in [0.5, 0.6) is 0 Å². The first-order valence-electron chi connectivity index (χ1n) is 7.33. The number of nitro groups is 1. The van der Waals surface area contributed by atoms with Crippen molar-refractivity contribution in [1.82, 2.24) is 0 Å². The quantitative estimate of drug-likeness (QED) is 0.681. The molecule has 2 aromatic rings. The summed E-state index contributed by atoms with van der Waals surface area (Å²) in [4.78, 5) is 23.1. The Morgan fingerprint density at radius 3 is 2.29 bits per heavy atom. The predicted octanol–water partition coefficient (Wildman–Crippen LogP) is 4.02. The molecule has 0 aliphatic carbocycles. The number of nitriles is 1. The number of carbonyl (C=O) groups excluding carboxylic acids is 1. The number of hydrogen-bond acceptors (Lipinski definition) is 4. The van der Waals surface area contributed by atoms with Crippen molar-refractivity contribution in [1.29, 1.82) is 5.26 Å². The fourth-order valence-electron chi connectivity index (χ4n) is 2.29. The molecule has 0 bridgehead atoms. The number of benzene rings is 2. The van der Waals surface area contributed by atoms with Crippen molar-refractivity contribution < 1.29 is 9.72 Å². The Kier molecular flexibility index (Phi) is 4.65. The normalized spacial score (nSPS) is 10.8. The van der Waals surface area contributed by atoms with Crippen LogP contribution in [0.4, 0.5) is 11.4 Å². The molecule has 0 heterocycles. The van der Waals surface area contributed by atoms with Crippen LogP contribution < -0.4 is 5.32 Å². The summed E-state index contributed by atoms with van der Waals surface area (Å²) < 4.78 is 0.